The first-order valence-electron chi connectivity index (χ1n) is 4.55. The van der Waals surface area contributed by atoms with Crippen LogP contribution in [0.1, 0.15) is 17.5 Å². The van der Waals surface area contributed by atoms with E-state index in [-0.39, 0.29) is 0 Å². The summed E-state index contributed by atoms with van der Waals surface area (Å²) in [6.07, 6.45) is 2.37. The maximum Gasteiger partial charge on any atom is 0.0498 e. The third-order valence-electron chi connectivity index (χ3n) is 2.50. The SMILES string of the molecule is Nc1c(I)ccc2c1CNCCC2. The smallest absolute Gasteiger partial charge is 0.0498 e. The lowest BCUT2D eigenvalue weighted by atomic mass is 10.0. The molecule has 0 spiro atoms. The van der Waals surface area contributed by atoms with Gasteiger partial charge in [0.15, 0.2) is 0 Å². The zero-order valence-corrected chi connectivity index (χ0v) is 9.60. The van der Waals surface area contributed by atoms with Crippen LogP contribution < -0.4 is 11.1 Å². The van der Waals surface area contributed by atoms with E-state index < -0.39 is 0 Å². The lowest BCUT2D eigenvalue weighted by Gasteiger charge is -2.10. The summed E-state index contributed by atoms with van der Waals surface area (Å²) in [5.41, 5.74) is 9.72. The fraction of sp³-hybridized carbons (Fsp3) is 0.400. The average molecular weight is 288 g/mol. The van der Waals surface area contributed by atoms with Gasteiger partial charge in [0.05, 0.1) is 0 Å². The van der Waals surface area contributed by atoms with Crippen molar-refractivity contribution in [2.24, 2.45) is 0 Å². The van der Waals surface area contributed by atoms with E-state index in [1.807, 2.05) is 0 Å². The average Bonchev–Trinajstić information content (AvgIpc) is 2.36. The fourth-order valence-electron chi connectivity index (χ4n) is 1.74. The van der Waals surface area contributed by atoms with Crippen LogP contribution in [0.4, 0.5) is 5.69 Å². The van der Waals surface area contributed by atoms with E-state index in [4.69, 9.17) is 5.73 Å². The third kappa shape index (κ3) is 1.81. The molecule has 13 heavy (non-hydrogen) atoms. The normalized spacial score (nSPS) is 16.4. The Balaban J connectivity index is 2.48. The van der Waals surface area contributed by atoms with Gasteiger partial charge in [-0.1, -0.05) is 6.07 Å². The molecule has 70 valence electrons. The molecule has 3 heteroatoms. The molecule has 1 aliphatic heterocycles. The summed E-state index contributed by atoms with van der Waals surface area (Å²) in [4.78, 5) is 0. The van der Waals surface area contributed by atoms with Crippen molar-refractivity contribution in [2.45, 2.75) is 19.4 Å². The van der Waals surface area contributed by atoms with Gasteiger partial charge >= 0.3 is 0 Å². The van der Waals surface area contributed by atoms with Gasteiger partial charge in [-0.05, 0) is 59.2 Å². The predicted molar refractivity (Wildman–Crippen MR) is 63.6 cm³/mol. The van der Waals surface area contributed by atoms with Crippen molar-refractivity contribution < 1.29 is 0 Å². The number of aryl methyl sites for hydroxylation is 1. The Kier molecular flexibility index (Phi) is 2.74. The maximum atomic E-state index is 6.03. The third-order valence-corrected chi connectivity index (χ3v) is 3.44. The van der Waals surface area contributed by atoms with Gasteiger partial charge in [0.2, 0.25) is 0 Å². The fourth-order valence-corrected chi connectivity index (χ4v) is 2.25. The van der Waals surface area contributed by atoms with Gasteiger partial charge in [0.1, 0.15) is 0 Å². The number of anilines is 1. The first-order valence-corrected chi connectivity index (χ1v) is 5.63. The molecular formula is C10H13IN2. The van der Waals surface area contributed by atoms with E-state index >= 15 is 0 Å². The number of rotatable bonds is 0. The molecule has 0 bridgehead atoms. The molecule has 2 nitrogen and oxygen atoms in total. The van der Waals surface area contributed by atoms with E-state index in [9.17, 15) is 0 Å². The number of hydrogen-bond acceptors (Lipinski definition) is 2. The van der Waals surface area contributed by atoms with Crippen molar-refractivity contribution in [1.29, 1.82) is 0 Å². The molecule has 0 aliphatic carbocycles. The van der Waals surface area contributed by atoms with Crippen LogP contribution in [-0.2, 0) is 13.0 Å². The topological polar surface area (TPSA) is 38.0 Å². The van der Waals surface area contributed by atoms with Crippen molar-refractivity contribution >= 4 is 28.3 Å². The summed E-state index contributed by atoms with van der Waals surface area (Å²) in [7, 11) is 0. The zero-order valence-electron chi connectivity index (χ0n) is 7.44. The predicted octanol–water partition coefficient (Wildman–Crippen LogP) is 1.91. The van der Waals surface area contributed by atoms with Crippen molar-refractivity contribution in [3.05, 3.63) is 26.8 Å². The molecule has 0 aromatic heterocycles. The van der Waals surface area contributed by atoms with Gasteiger partial charge in [-0.25, -0.2) is 0 Å². The number of halogens is 1. The first-order chi connectivity index (χ1) is 6.29. The quantitative estimate of drug-likeness (QED) is 0.565. The lowest BCUT2D eigenvalue weighted by molar-refractivity contribution is 0.681. The standard InChI is InChI=1S/C10H13IN2/c11-9-4-3-7-2-1-5-13-6-8(7)10(9)12/h3-4,13H,1-2,5-6,12H2. The van der Waals surface area contributed by atoms with Crippen LogP contribution in [0.5, 0.6) is 0 Å². The van der Waals surface area contributed by atoms with Crippen molar-refractivity contribution in [1.82, 2.24) is 5.32 Å². The van der Waals surface area contributed by atoms with Crippen LogP contribution >= 0.6 is 22.6 Å². The number of nitrogens with two attached hydrogens (primary N) is 1. The molecule has 0 unspecified atom stereocenters. The van der Waals surface area contributed by atoms with Crippen molar-refractivity contribution in [2.75, 3.05) is 12.3 Å². The summed E-state index contributed by atoms with van der Waals surface area (Å²) < 4.78 is 1.17. The second-order valence-corrected chi connectivity index (χ2v) is 4.54. The molecule has 0 radical (unpaired) electrons. The molecule has 0 atom stereocenters. The Bertz CT molecular complexity index is 323. The number of fused-ring (bicyclic) bond motifs is 1. The Hall–Kier alpha value is -0.290. The van der Waals surface area contributed by atoms with Gasteiger partial charge in [-0.15, -0.1) is 0 Å². The molecule has 1 heterocycles. The van der Waals surface area contributed by atoms with Gasteiger partial charge < -0.3 is 11.1 Å². The Labute approximate surface area is 92.0 Å². The van der Waals surface area contributed by atoms with Crippen LogP contribution in [0.25, 0.3) is 0 Å². The van der Waals surface area contributed by atoms with Gasteiger partial charge in [-0.3, -0.25) is 0 Å². The summed E-state index contributed by atoms with van der Waals surface area (Å²) in [6.45, 7) is 2.03. The minimum atomic E-state index is 0.929. The largest absolute Gasteiger partial charge is 0.398 e. The van der Waals surface area contributed by atoms with Crippen LogP contribution in [-0.4, -0.2) is 6.54 Å². The van der Waals surface area contributed by atoms with Crippen LogP contribution in [0.2, 0.25) is 0 Å². The van der Waals surface area contributed by atoms with Gasteiger partial charge in [-0.2, -0.15) is 0 Å². The Morgan fingerprint density at radius 3 is 3.08 bits per heavy atom. The summed E-state index contributed by atoms with van der Waals surface area (Å²) in [6, 6.07) is 4.32. The number of nitrogens with one attached hydrogen (secondary N) is 1. The lowest BCUT2D eigenvalue weighted by Crippen LogP contribution is -2.13. The van der Waals surface area contributed by atoms with Crippen molar-refractivity contribution in [3.63, 3.8) is 0 Å². The van der Waals surface area contributed by atoms with E-state index in [0.717, 1.165) is 25.2 Å². The summed E-state index contributed by atoms with van der Waals surface area (Å²) in [5, 5.41) is 3.39. The Morgan fingerprint density at radius 2 is 2.23 bits per heavy atom. The molecule has 1 aromatic rings. The zero-order chi connectivity index (χ0) is 9.26. The van der Waals surface area contributed by atoms with E-state index in [1.165, 1.54) is 21.1 Å². The molecular weight excluding hydrogens is 275 g/mol. The van der Waals surface area contributed by atoms with E-state index in [1.54, 1.807) is 0 Å². The molecule has 0 amide bonds. The van der Waals surface area contributed by atoms with Crippen LogP contribution in [0.3, 0.4) is 0 Å². The highest BCUT2D eigenvalue weighted by Gasteiger charge is 2.11. The summed E-state index contributed by atoms with van der Waals surface area (Å²) >= 11 is 2.29. The highest BCUT2D eigenvalue weighted by molar-refractivity contribution is 14.1. The van der Waals surface area contributed by atoms with Gasteiger partial charge in [0, 0.05) is 15.8 Å². The second-order valence-electron chi connectivity index (χ2n) is 3.38. The highest BCUT2D eigenvalue weighted by atomic mass is 127. The molecule has 1 aromatic carbocycles. The minimum absolute atomic E-state index is 0.929. The van der Waals surface area contributed by atoms with Crippen LogP contribution in [0, 0.1) is 3.57 Å². The van der Waals surface area contributed by atoms with Crippen molar-refractivity contribution in [3.8, 4) is 0 Å². The molecule has 3 N–H and O–H groups in total. The van der Waals surface area contributed by atoms with Crippen LogP contribution in [0.15, 0.2) is 12.1 Å². The summed E-state index contributed by atoms with van der Waals surface area (Å²) in [5.74, 6) is 0. The highest BCUT2D eigenvalue weighted by Crippen LogP contribution is 2.25. The van der Waals surface area contributed by atoms with E-state index in [0.29, 0.717) is 0 Å². The molecule has 0 saturated heterocycles. The maximum absolute atomic E-state index is 6.03. The first kappa shape index (κ1) is 9.27. The molecule has 0 saturated carbocycles. The number of nitrogen functional groups attached to an aromatic ring is 1. The monoisotopic (exact) mass is 288 g/mol. The molecule has 0 fully saturated rings. The molecule has 2 rings (SSSR count). The number of benzene rings is 1. The molecule has 1 aliphatic rings. The van der Waals surface area contributed by atoms with Gasteiger partial charge in [0.25, 0.3) is 0 Å². The van der Waals surface area contributed by atoms with E-state index in [2.05, 4.69) is 40.0 Å². The Morgan fingerprint density at radius 1 is 1.38 bits per heavy atom. The minimum Gasteiger partial charge on any atom is -0.398 e. The second kappa shape index (κ2) is 3.84. The number of hydrogen-bond donors (Lipinski definition) is 2.